The summed E-state index contributed by atoms with van der Waals surface area (Å²) >= 11 is 6.18. The van der Waals surface area contributed by atoms with Crippen LogP contribution in [0, 0.1) is 5.82 Å². The third-order valence-electron chi connectivity index (χ3n) is 4.87. The Balaban J connectivity index is 1.85. The lowest BCUT2D eigenvalue weighted by atomic mass is 10.1. The van der Waals surface area contributed by atoms with E-state index in [1.54, 1.807) is 10.5 Å². The smallest absolute Gasteiger partial charge is 0.258 e. The molecular weight excluding hydrogens is 353 g/mol. The molecule has 3 heterocycles. The number of aryl methyl sites for hydroxylation is 1. The van der Waals surface area contributed by atoms with Crippen LogP contribution < -0.4 is 4.90 Å². The third-order valence-corrected chi connectivity index (χ3v) is 5.11. The van der Waals surface area contributed by atoms with Crippen molar-refractivity contribution in [3.63, 3.8) is 0 Å². The van der Waals surface area contributed by atoms with Crippen molar-refractivity contribution in [2.24, 2.45) is 0 Å². The molecule has 0 saturated carbocycles. The Morgan fingerprint density at radius 1 is 1.04 bits per heavy atom. The first-order valence-corrected chi connectivity index (χ1v) is 8.95. The van der Waals surface area contributed by atoms with Crippen molar-refractivity contribution < 1.29 is 4.39 Å². The number of benzene rings is 2. The highest BCUT2D eigenvalue weighted by Gasteiger charge is 2.22. The SMILES string of the molecule is Fc1ccc2c(c1)c(N1CCCCc3ccccc31)nc1nnc(Cl)n12. The Bertz CT molecular complexity index is 1140. The van der Waals surface area contributed by atoms with E-state index in [9.17, 15) is 4.39 Å². The minimum absolute atomic E-state index is 0.215. The van der Waals surface area contributed by atoms with Crippen LogP contribution in [0.3, 0.4) is 0 Å². The molecule has 2 aromatic carbocycles. The minimum Gasteiger partial charge on any atom is -0.325 e. The van der Waals surface area contributed by atoms with Crippen molar-refractivity contribution in [3.8, 4) is 0 Å². The Morgan fingerprint density at radius 2 is 1.92 bits per heavy atom. The predicted molar refractivity (Wildman–Crippen MR) is 99.6 cm³/mol. The molecule has 5 rings (SSSR count). The number of halogens is 2. The van der Waals surface area contributed by atoms with Gasteiger partial charge in [-0.1, -0.05) is 18.2 Å². The summed E-state index contributed by atoms with van der Waals surface area (Å²) in [5.74, 6) is 0.781. The quantitative estimate of drug-likeness (QED) is 0.495. The topological polar surface area (TPSA) is 46.3 Å². The highest BCUT2D eigenvalue weighted by molar-refractivity contribution is 6.29. The van der Waals surface area contributed by atoms with Crippen LogP contribution in [0.25, 0.3) is 16.7 Å². The Morgan fingerprint density at radius 3 is 2.85 bits per heavy atom. The summed E-state index contributed by atoms with van der Waals surface area (Å²) in [6, 6.07) is 12.9. The number of nitrogens with zero attached hydrogens (tertiary/aromatic N) is 5. The summed E-state index contributed by atoms with van der Waals surface area (Å²) in [7, 11) is 0. The molecule has 5 nitrogen and oxygen atoms in total. The van der Waals surface area contributed by atoms with E-state index >= 15 is 0 Å². The van der Waals surface area contributed by atoms with Gasteiger partial charge in [0.2, 0.25) is 5.28 Å². The fourth-order valence-corrected chi connectivity index (χ4v) is 3.90. The summed E-state index contributed by atoms with van der Waals surface area (Å²) in [4.78, 5) is 6.85. The molecule has 0 spiro atoms. The zero-order chi connectivity index (χ0) is 17.7. The van der Waals surface area contributed by atoms with E-state index in [0.717, 1.165) is 37.0 Å². The van der Waals surface area contributed by atoms with Crippen LogP contribution in [0.1, 0.15) is 18.4 Å². The van der Waals surface area contributed by atoms with Gasteiger partial charge in [-0.25, -0.2) is 8.79 Å². The number of anilines is 2. The van der Waals surface area contributed by atoms with E-state index < -0.39 is 0 Å². The molecule has 4 aromatic rings. The Kier molecular flexibility index (Phi) is 3.53. The Labute approximate surface area is 154 Å². The molecule has 0 fully saturated rings. The van der Waals surface area contributed by atoms with E-state index in [-0.39, 0.29) is 11.1 Å². The minimum atomic E-state index is -0.313. The first-order chi connectivity index (χ1) is 12.7. The second-order valence-corrected chi connectivity index (χ2v) is 6.78. The van der Waals surface area contributed by atoms with Crippen molar-refractivity contribution in [1.82, 2.24) is 19.6 Å². The summed E-state index contributed by atoms with van der Waals surface area (Å²) in [5.41, 5.74) is 3.12. The molecule has 0 radical (unpaired) electrons. The Hall–Kier alpha value is -2.73. The molecule has 0 N–H and O–H groups in total. The third kappa shape index (κ3) is 2.33. The van der Waals surface area contributed by atoms with Crippen molar-refractivity contribution in [2.75, 3.05) is 11.4 Å². The van der Waals surface area contributed by atoms with Gasteiger partial charge in [-0.15, -0.1) is 10.2 Å². The van der Waals surface area contributed by atoms with Crippen LogP contribution in [0.2, 0.25) is 5.28 Å². The van der Waals surface area contributed by atoms with Crippen LogP contribution in [0.5, 0.6) is 0 Å². The number of hydrogen-bond donors (Lipinski definition) is 0. The van der Waals surface area contributed by atoms with E-state index in [2.05, 4.69) is 33.3 Å². The lowest BCUT2D eigenvalue weighted by Gasteiger charge is -2.25. The zero-order valence-corrected chi connectivity index (χ0v) is 14.6. The second-order valence-electron chi connectivity index (χ2n) is 6.44. The van der Waals surface area contributed by atoms with Gasteiger partial charge < -0.3 is 4.90 Å². The maximum atomic E-state index is 14.1. The first-order valence-electron chi connectivity index (χ1n) is 8.58. The van der Waals surface area contributed by atoms with Crippen LogP contribution in [-0.4, -0.2) is 26.1 Å². The molecule has 0 saturated heterocycles. The monoisotopic (exact) mass is 367 g/mol. The second kappa shape index (κ2) is 5.92. The standard InChI is InChI=1S/C19H15ClFN5/c20-18-23-24-19-22-17(14-11-13(21)8-9-16(14)26(18)19)25-10-4-3-6-12-5-1-2-7-15(12)25/h1-2,5,7-9,11H,3-4,6,10H2. The van der Waals surface area contributed by atoms with Gasteiger partial charge in [-0.05, 0) is 60.7 Å². The summed E-state index contributed by atoms with van der Waals surface area (Å²) in [6.07, 6.45) is 3.17. The number of para-hydroxylation sites is 1. The molecule has 0 atom stereocenters. The fraction of sp³-hybridized carbons (Fsp3) is 0.211. The van der Waals surface area contributed by atoms with Gasteiger partial charge >= 0.3 is 0 Å². The molecule has 0 aliphatic carbocycles. The largest absolute Gasteiger partial charge is 0.325 e. The number of fused-ring (bicyclic) bond motifs is 4. The van der Waals surface area contributed by atoms with Gasteiger partial charge in [0.1, 0.15) is 11.6 Å². The number of hydrogen-bond acceptors (Lipinski definition) is 4. The van der Waals surface area contributed by atoms with Gasteiger partial charge in [0.25, 0.3) is 5.78 Å². The molecule has 130 valence electrons. The van der Waals surface area contributed by atoms with Crippen LogP contribution >= 0.6 is 11.6 Å². The molecule has 0 bridgehead atoms. The normalized spacial score (nSPS) is 14.6. The highest BCUT2D eigenvalue weighted by atomic mass is 35.5. The summed E-state index contributed by atoms with van der Waals surface area (Å²) < 4.78 is 15.7. The highest BCUT2D eigenvalue weighted by Crippen LogP contribution is 2.36. The first kappa shape index (κ1) is 15.5. The van der Waals surface area contributed by atoms with E-state index in [0.29, 0.717) is 17.0 Å². The van der Waals surface area contributed by atoms with Gasteiger partial charge in [0.05, 0.1) is 5.52 Å². The number of aromatic nitrogens is 4. The summed E-state index contributed by atoms with van der Waals surface area (Å²) in [6.45, 7) is 0.813. The predicted octanol–water partition coefficient (Wildman–Crippen LogP) is 4.54. The molecule has 0 amide bonds. The molecule has 1 aliphatic heterocycles. The molecule has 7 heteroatoms. The van der Waals surface area contributed by atoms with Crippen molar-refractivity contribution in [2.45, 2.75) is 19.3 Å². The molecule has 1 aliphatic rings. The van der Waals surface area contributed by atoms with E-state index in [1.807, 2.05) is 6.07 Å². The molecule has 26 heavy (non-hydrogen) atoms. The molecule has 0 unspecified atom stereocenters. The van der Waals surface area contributed by atoms with Crippen LogP contribution in [0.15, 0.2) is 42.5 Å². The average molecular weight is 368 g/mol. The van der Waals surface area contributed by atoms with Gasteiger partial charge in [-0.3, -0.25) is 0 Å². The maximum Gasteiger partial charge on any atom is 0.258 e. The van der Waals surface area contributed by atoms with E-state index in [1.165, 1.54) is 17.7 Å². The average Bonchev–Trinajstić information content (AvgIpc) is 2.89. The number of rotatable bonds is 1. The van der Waals surface area contributed by atoms with Gasteiger partial charge in [0, 0.05) is 17.6 Å². The lowest BCUT2D eigenvalue weighted by molar-refractivity contribution is 0.629. The van der Waals surface area contributed by atoms with Crippen LogP contribution in [0.4, 0.5) is 15.9 Å². The van der Waals surface area contributed by atoms with Crippen molar-refractivity contribution in [3.05, 3.63) is 59.1 Å². The van der Waals surface area contributed by atoms with Gasteiger partial charge in [0.15, 0.2) is 0 Å². The van der Waals surface area contributed by atoms with Crippen molar-refractivity contribution >= 4 is 39.8 Å². The molecule has 2 aromatic heterocycles. The van der Waals surface area contributed by atoms with Crippen LogP contribution in [-0.2, 0) is 6.42 Å². The maximum absolute atomic E-state index is 14.1. The lowest BCUT2D eigenvalue weighted by Crippen LogP contribution is -2.20. The zero-order valence-electron chi connectivity index (χ0n) is 13.9. The fourth-order valence-electron chi connectivity index (χ4n) is 3.69. The van der Waals surface area contributed by atoms with Gasteiger partial charge in [-0.2, -0.15) is 4.98 Å². The molecular formula is C19H15ClFN5. The van der Waals surface area contributed by atoms with Crippen molar-refractivity contribution in [1.29, 1.82) is 0 Å². The summed E-state index contributed by atoms with van der Waals surface area (Å²) in [5, 5.41) is 8.90. The van der Waals surface area contributed by atoms with E-state index in [4.69, 9.17) is 16.6 Å².